The molecule has 1 aromatic heterocycles. The van der Waals surface area contributed by atoms with Gasteiger partial charge in [-0.05, 0) is 24.8 Å². The van der Waals surface area contributed by atoms with E-state index in [0.29, 0.717) is 13.2 Å². The van der Waals surface area contributed by atoms with Gasteiger partial charge in [-0.25, -0.2) is 4.79 Å². The summed E-state index contributed by atoms with van der Waals surface area (Å²) in [5.74, 6) is -1.46. The van der Waals surface area contributed by atoms with Crippen LogP contribution in [0.3, 0.4) is 0 Å². The minimum absolute atomic E-state index is 0.205. The van der Waals surface area contributed by atoms with Crippen molar-refractivity contribution in [3.8, 4) is 0 Å². The van der Waals surface area contributed by atoms with E-state index < -0.39 is 17.9 Å². The van der Waals surface area contributed by atoms with E-state index in [1.54, 1.807) is 17.8 Å². The maximum absolute atomic E-state index is 12.3. The molecule has 22 heavy (non-hydrogen) atoms. The molecule has 2 heterocycles. The molecule has 2 N–H and O–H groups in total. The Kier molecular flexibility index (Phi) is 5.18. The Balaban J connectivity index is 2.10. The zero-order valence-electron chi connectivity index (χ0n) is 13.2. The lowest BCUT2D eigenvalue weighted by atomic mass is 9.93. The highest BCUT2D eigenvalue weighted by Gasteiger charge is 2.32. The molecule has 2 unspecified atom stereocenters. The van der Waals surface area contributed by atoms with Crippen LogP contribution in [0.2, 0.25) is 0 Å². The number of carboxylic acids is 1. The second-order valence-corrected chi connectivity index (χ2v) is 6.00. The summed E-state index contributed by atoms with van der Waals surface area (Å²) in [4.78, 5) is 23.7. The van der Waals surface area contributed by atoms with E-state index in [-0.39, 0.29) is 17.5 Å². The fraction of sp³-hybridized carbons (Fsp3) is 0.667. The van der Waals surface area contributed by atoms with Gasteiger partial charge in [-0.3, -0.25) is 9.48 Å². The minimum Gasteiger partial charge on any atom is -0.480 e. The molecule has 0 aromatic carbocycles. The number of rotatable bonds is 5. The van der Waals surface area contributed by atoms with E-state index in [2.05, 4.69) is 10.4 Å². The molecule has 1 saturated heterocycles. The first-order valence-corrected chi connectivity index (χ1v) is 7.55. The second kappa shape index (κ2) is 6.91. The molecule has 0 radical (unpaired) electrons. The van der Waals surface area contributed by atoms with Gasteiger partial charge in [-0.1, -0.05) is 13.8 Å². The molecule has 0 bridgehead atoms. The summed E-state index contributed by atoms with van der Waals surface area (Å²) < 4.78 is 6.97. The molecule has 7 heteroatoms. The molecule has 0 spiro atoms. The van der Waals surface area contributed by atoms with Gasteiger partial charge in [-0.15, -0.1) is 0 Å². The SMILES string of the molecule is CC(C)c1cc(C(=O)NC(C(=O)O)C2CCCOC2)nn1C. The van der Waals surface area contributed by atoms with Gasteiger partial charge in [0.1, 0.15) is 11.7 Å². The van der Waals surface area contributed by atoms with Crippen LogP contribution in [0.4, 0.5) is 0 Å². The van der Waals surface area contributed by atoms with Crippen molar-refractivity contribution in [3.05, 3.63) is 17.5 Å². The molecular weight excluding hydrogens is 286 g/mol. The number of aliphatic carboxylic acids is 1. The smallest absolute Gasteiger partial charge is 0.326 e. The molecular formula is C15H23N3O4. The van der Waals surface area contributed by atoms with E-state index in [4.69, 9.17) is 4.74 Å². The summed E-state index contributed by atoms with van der Waals surface area (Å²) in [6, 6.07) is 0.758. The molecule has 0 saturated carbocycles. The summed E-state index contributed by atoms with van der Waals surface area (Å²) in [5.41, 5.74) is 1.17. The average molecular weight is 309 g/mol. The van der Waals surface area contributed by atoms with Gasteiger partial charge in [0.2, 0.25) is 0 Å². The van der Waals surface area contributed by atoms with Crippen LogP contribution in [0.15, 0.2) is 6.07 Å². The Morgan fingerprint density at radius 3 is 2.73 bits per heavy atom. The van der Waals surface area contributed by atoms with Crippen molar-refractivity contribution in [2.75, 3.05) is 13.2 Å². The molecule has 1 aromatic rings. The third-order valence-corrected chi connectivity index (χ3v) is 3.96. The van der Waals surface area contributed by atoms with Crippen LogP contribution in [0.25, 0.3) is 0 Å². The van der Waals surface area contributed by atoms with Gasteiger partial charge in [-0.2, -0.15) is 5.10 Å². The number of carboxylic acid groups (broad SMARTS) is 1. The third-order valence-electron chi connectivity index (χ3n) is 3.96. The normalized spacial score (nSPS) is 19.9. The van der Waals surface area contributed by atoms with E-state index in [1.165, 1.54) is 0 Å². The Morgan fingerprint density at radius 2 is 2.23 bits per heavy atom. The first-order valence-electron chi connectivity index (χ1n) is 7.55. The predicted molar refractivity (Wildman–Crippen MR) is 79.7 cm³/mol. The van der Waals surface area contributed by atoms with Crippen molar-refractivity contribution < 1.29 is 19.4 Å². The molecule has 2 atom stereocenters. The summed E-state index contributed by atoms with van der Waals surface area (Å²) in [5, 5.41) is 16.1. The number of ether oxygens (including phenoxy) is 1. The molecule has 1 aliphatic rings. The van der Waals surface area contributed by atoms with Gasteiger partial charge >= 0.3 is 5.97 Å². The average Bonchev–Trinajstić information content (AvgIpc) is 2.87. The van der Waals surface area contributed by atoms with E-state index >= 15 is 0 Å². The fourth-order valence-electron chi connectivity index (χ4n) is 2.76. The van der Waals surface area contributed by atoms with Crippen molar-refractivity contribution in [3.63, 3.8) is 0 Å². The van der Waals surface area contributed by atoms with Gasteiger partial charge in [0.05, 0.1) is 6.61 Å². The lowest BCUT2D eigenvalue weighted by Gasteiger charge is -2.27. The molecule has 1 aliphatic heterocycles. The first-order chi connectivity index (χ1) is 10.4. The largest absolute Gasteiger partial charge is 0.480 e. The van der Waals surface area contributed by atoms with Crippen molar-refractivity contribution >= 4 is 11.9 Å². The quantitative estimate of drug-likeness (QED) is 0.851. The number of aryl methyl sites for hydroxylation is 1. The Labute approximate surface area is 129 Å². The summed E-state index contributed by atoms with van der Waals surface area (Å²) in [6.07, 6.45) is 1.54. The molecule has 7 nitrogen and oxygen atoms in total. The van der Waals surface area contributed by atoms with Crippen molar-refractivity contribution in [1.29, 1.82) is 0 Å². The molecule has 1 fully saturated rings. The van der Waals surface area contributed by atoms with Gasteiger partial charge < -0.3 is 15.2 Å². The van der Waals surface area contributed by atoms with Crippen LogP contribution in [-0.4, -0.2) is 46.0 Å². The van der Waals surface area contributed by atoms with Crippen LogP contribution in [0, 0.1) is 5.92 Å². The summed E-state index contributed by atoms with van der Waals surface area (Å²) in [7, 11) is 1.77. The van der Waals surface area contributed by atoms with Crippen LogP contribution < -0.4 is 5.32 Å². The number of hydrogen-bond acceptors (Lipinski definition) is 4. The molecule has 1 amide bonds. The number of carbonyl (C=O) groups excluding carboxylic acids is 1. The minimum atomic E-state index is -1.04. The number of nitrogens with zero attached hydrogens (tertiary/aromatic N) is 2. The Bertz CT molecular complexity index is 547. The number of nitrogens with one attached hydrogen (secondary N) is 1. The number of amides is 1. The maximum atomic E-state index is 12.3. The lowest BCUT2D eigenvalue weighted by molar-refractivity contribution is -0.142. The zero-order chi connectivity index (χ0) is 16.3. The zero-order valence-corrected chi connectivity index (χ0v) is 13.2. The number of aromatic nitrogens is 2. The highest BCUT2D eigenvalue weighted by Crippen LogP contribution is 2.19. The Morgan fingerprint density at radius 1 is 1.50 bits per heavy atom. The van der Waals surface area contributed by atoms with Crippen LogP contribution >= 0.6 is 0 Å². The summed E-state index contributed by atoms with van der Waals surface area (Å²) >= 11 is 0. The first kappa shape index (κ1) is 16.5. The van der Waals surface area contributed by atoms with Crippen LogP contribution in [0.1, 0.15) is 48.8 Å². The van der Waals surface area contributed by atoms with E-state index in [1.807, 2.05) is 13.8 Å². The highest BCUT2D eigenvalue weighted by molar-refractivity contribution is 5.95. The van der Waals surface area contributed by atoms with Gasteiger partial charge in [0, 0.05) is 25.3 Å². The fourth-order valence-corrected chi connectivity index (χ4v) is 2.76. The third kappa shape index (κ3) is 3.65. The Hall–Kier alpha value is -1.89. The van der Waals surface area contributed by atoms with Crippen molar-refractivity contribution in [1.82, 2.24) is 15.1 Å². The lowest BCUT2D eigenvalue weighted by Crippen LogP contribution is -2.48. The highest BCUT2D eigenvalue weighted by atomic mass is 16.5. The van der Waals surface area contributed by atoms with Crippen molar-refractivity contribution in [2.45, 2.75) is 38.6 Å². The molecule has 0 aliphatic carbocycles. The maximum Gasteiger partial charge on any atom is 0.326 e. The van der Waals surface area contributed by atoms with E-state index in [0.717, 1.165) is 18.5 Å². The second-order valence-electron chi connectivity index (χ2n) is 6.00. The topological polar surface area (TPSA) is 93.5 Å². The van der Waals surface area contributed by atoms with Gasteiger partial charge in [0.25, 0.3) is 5.91 Å². The number of hydrogen-bond donors (Lipinski definition) is 2. The molecule has 122 valence electrons. The standard InChI is InChI=1S/C15H23N3O4/c1-9(2)12-7-11(17-18(12)3)14(19)16-13(15(20)21)10-5-4-6-22-8-10/h7,9-10,13H,4-6,8H2,1-3H3,(H,16,19)(H,20,21). The van der Waals surface area contributed by atoms with Gasteiger partial charge in [0.15, 0.2) is 0 Å². The monoisotopic (exact) mass is 309 g/mol. The van der Waals surface area contributed by atoms with Crippen molar-refractivity contribution in [2.24, 2.45) is 13.0 Å². The molecule has 2 rings (SSSR count). The predicted octanol–water partition coefficient (Wildman–Crippen LogP) is 1.15. The van der Waals surface area contributed by atoms with Crippen LogP contribution in [-0.2, 0) is 16.6 Å². The van der Waals surface area contributed by atoms with Crippen LogP contribution in [0.5, 0.6) is 0 Å². The summed E-state index contributed by atoms with van der Waals surface area (Å²) in [6.45, 7) is 5.03. The van der Waals surface area contributed by atoms with E-state index in [9.17, 15) is 14.7 Å². The number of carbonyl (C=O) groups is 2.